The van der Waals surface area contributed by atoms with Gasteiger partial charge in [0.25, 0.3) is 0 Å². The van der Waals surface area contributed by atoms with Gasteiger partial charge < -0.3 is 5.11 Å². The van der Waals surface area contributed by atoms with Crippen LogP contribution in [0.25, 0.3) is 0 Å². The fourth-order valence-electron chi connectivity index (χ4n) is 2.88. The van der Waals surface area contributed by atoms with E-state index in [-0.39, 0.29) is 17.9 Å². The highest BCUT2D eigenvalue weighted by Gasteiger charge is 2.26. The molecule has 2 rings (SSSR count). The van der Waals surface area contributed by atoms with Crippen molar-refractivity contribution >= 4 is 11.9 Å². The summed E-state index contributed by atoms with van der Waals surface area (Å²) >= 11 is 0. The average molecular weight is 290 g/mol. The SMILES string of the molecule is CC1CCCC(C)N1NC(=O)Cc1ccccc1C(=O)O. The number of nitrogens with zero attached hydrogens (tertiary/aromatic N) is 1. The second-order valence-corrected chi connectivity index (χ2v) is 5.71. The summed E-state index contributed by atoms with van der Waals surface area (Å²) < 4.78 is 0. The molecule has 0 bridgehead atoms. The number of carbonyl (C=O) groups excluding carboxylic acids is 1. The van der Waals surface area contributed by atoms with Gasteiger partial charge in [-0.05, 0) is 38.3 Å². The monoisotopic (exact) mass is 290 g/mol. The molecule has 1 aliphatic rings. The second kappa shape index (κ2) is 6.72. The Hall–Kier alpha value is -1.88. The normalized spacial score (nSPS) is 22.8. The van der Waals surface area contributed by atoms with Gasteiger partial charge in [0.05, 0.1) is 12.0 Å². The third-order valence-corrected chi connectivity index (χ3v) is 4.05. The number of carboxylic acid groups (broad SMARTS) is 1. The number of piperidine rings is 1. The van der Waals surface area contributed by atoms with Crippen molar-refractivity contribution in [2.45, 2.75) is 51.6 Å². The molecule has 21 heavy (non-hydrogen) atoms. The van der Waals surface area contributed by atoms with Crippen LogP contribution >= 0.6 is 0 Å². The van der Waals surface area contributed by atoms with Crippen molar-refractivity contribution in [1.82, 2.24) is 10.4 Å². The number of carboxylic acids is 1. The standard InChI is InChI=1S/C16H22N2O3/c1-11-6-5-7-12(2)18(11)17-15(19)10-13-8-3-4-9-14(13)16(20)21/h3-4,8-9,11-12H,5-7,10H2,1-2H3,(H,17,19)(H,20,21). The van der Waals surface area contributed by atoms with Crippen LogP contribution in [0.2, 0.25) is 0 Å². The van der Waals surface area contributed by atoms with E-state index in [0.717, 1.165) is 12.8 Å². The van der Waals surface area contributed by atoms with Crippen LogP contribution in [0.1, 0.15) is 49.0 Å². The van der Waals surface area contributed by atoms with E-state index in [2.05, 4.69) is 19.3 Å². The van der Waals surface area contributed by atoms with E-state index in [1.165, 1.54) is 12.5 Å². The summed E-state index contributed by atoms with van der Waals surface area (Å²) in [5, 5.41) is 11.1. The first-order valence-electron chi connectivity index (χ1n) is 7.38. The molecule has 1 aromatic rings. The lowest BCUT2D eigenvalue weighted by molar-refractivity contribution is -0.128. The minimum Gasteiger partial charge on any atom is -0.478 e. The second-order valence-electron chi connectivity index (χ2n) is 5.71. The van der Waals surface area contributed by atoms with E-state index in [1.807, 2.05) is 5.01 Å². The van der Waals surface area contributed by atoms with Gasteiger partial charge in [-0.25, -0.2) is 9.80 Å². The molecule has 2 N–H and O–H groups in total. The maximum absolute atomic E-state index is 12.2. The fraction of sp³-hybridized carbons (Fsp3) is 0.500. The first-order chi connectivity index (χ1) is 9.99. The van der Waals surface area contributed by atoms with E-state index >= 15 is 0 Å². The third-order valence-electron chi connectivity index (χ3n) is 4.05. The van der Waals surface area contributed by atoms with Crippen molar-refractivity contribution < 1.29 is 14.7 Å². The fourth-order valence-corrected chi connectivity index (χ4v) is 2.88. The average Bonchev–Trinajstić information content (AvgIpc) is 2.43. The summed E-state index contributed by atoms with van der Waals surface area (Å²) in [7, 11) is 0. The van der Waals surface area contributed by atoms with Gasteiger partial charge in [-0.15, -0.1) is 0 Å². The van der Waals surface area contributed by atoms with Gasteiger partial charge in [-0.2, -0.15) is 0 Å². The van der Waals surface area contributed by atoms with Crippen molar-refractivity contribution in [3.63, 3.8) is 0 Å². The molecule has 0 aromatic heterocycles. The van der Waals surface area contributed by atoms with E-state index in [4.69, 9.17) is 5.11 Å². The Kier molecular flexibility index (Phi) is 4.96. The van der Waals surface area contributed by atoms with Gasteiger partial charge in [-0.3, -0.25) is 10.2 Å². The van der Waals surface area contributed by atoms with E-state index < -0.39 is 5.97 Å². The molecule has 0 radical (unpaired) electrons. The van der Waals surface area contributed by atoms with E-state index in [9.17, 15) is 9.59 Å². The highest BCUT2D eigenvalue weighted by Crippen LogP contribution is 2.20. The summed E-state index contributed by atoms with van der Waals surface area (Å²) in [6.45, 7) is 4.20. The molecule has 5 nitrogen and oxygen atoms in total. The van der Waals surface area contributed by atoms with Crippen LogP contribution in [0.3, 0.4) is 0 Å². The molecule has 0 saturated carbocycles. The molecular formula is C16H22N2O3. The third kappa shape index (κ3) is 3.82. The van der Waals surface area contributed by atoms with Gasteiger partial charge in [0.2, 0.25) is 5.91 Å². The molecule has 0 aliphatic carbocycles. The Morgan fingerprint density at radius 2 is 1.86 bits per heavy atom. The lowest BCUT2D eigenvalue weighted by atomic mass is 9.99. The van der Waals surface area contributed by atoms with Gasteiger partial charge >= 0.3 is 5.97 Å². The maximum atomic E-state index is 12.2. The molecule has 1 aliphatic heterocycles. The molecule has 2 unspecified atom stereocenters. The quantitative estimate of drug-likeness (QED) is 0.892. The van der Waals surface area contributed by atoms with Crippen LogP contribution in [-0.4, -0.2) is 34.1 Å². The van der Waals surface area contributed by atoms with E-state index in [1.54, 1.807) is 18.2 Å². The van der Waals surface area contributed by atoms with Gasteiger partial charge in [0.1, 0.15) is 0 Å². The zero-order valence-corrected chi connectivity index (χ0v) is 12.5. The molecule has 5 heteroatoms. The summed E-state index contributed by atoms with van der Waals surface area (Å²) in [5.74, 6) is -1.16. The Morgan fingerprint density at radius 3 is 2.48 bits per heavy atom. The zero-order valence-electron chi connectivity index (χ0n) is 12.5. The minimum atomic E-state index is -1.00. The Morgan fingerprint density at radius 1 is 1.24 bits per heavy atom. The molecule has 1 aromatic carbocycles. The molecule has 1 heterocycles. The molecular weight excluding hydrogens is 268 g/mol. The summed E-state index contributed by atoms with van der Waals surface area (Å²) in [6.07, 6.45) is 3.39. The first-order valence-corrected chi connectivity index (χ1v) is 7.38. The summed E-state index contributed by atoms with van der Waals surface area (Å²) in [5.41, 5.74) is 3.66. The predicted molar refractivity (Wildman–Crippen MR) is 79.9 cm³/mol. The van der Waals surface area contributed by atoms with Crippen molar-refractivity contribution in [3.05, 3.63) is 35.4 Å². The minimum absolute atomic E-state index is 0.0818. The number of aromatic carboxylic acids is 1. The largest absolute Gasteiger partial charge is 0.478 e. The summed E-state index contributed by atoms with van der Waals surface area (Å²) in [4.78, 5) is 23.4. The Bertz CT molecular complexity index is 520. The molecule has 1 saturated heterocycles. The van der Waals surface area contributed by atoms with Crippen LogP contribution in [0.5, 0.6) is 0 Å². The van der Waals surface area contributed by atoms with Crippen molar-refractivity contribution in [2.24, 2.45) is 0 Å². The van der Waals surface area contributed by atoms with Gasteiger partial charge in [0, 0.05) is 12.1 Å². The number of hydrazine groups is 1. The molecule has 2 atom stereocenters. The molecule has 114 valence electrons. The zero-order chi connectivity index (χ0) is 15.4. The number of hydrogen-bond donors (Lipinski definition) is 2. The molecule has 0 spiro atoms. The van der Waals surface area contributed by atoms with Crippen LogP contribution in [-0.2, 0) is 11.2 Å². The van der Waals surface area contributed by atoms with Gasteiger partial charge in [-0.1, -0.05) is 24.6 Å². The molecule has 1 amide bonds. The van der Waals surface area contributed by atoms with Crippen LogP contribution in [0.4, 0.5) is 0 Å². The predicted octanol–water partition coefficient (Wildman–Crippen LogP) is 2.22. The van der Waals surface area contributed by atoms with Crippen molar-refractivity contribution in [2.75, 3.05) is 0 Å². The van der Waals surface area contributed by atoms with Crippen molar-refractivity contribution in [3.8, 4) is 0 Å². The van der Waals surface area contributed by atoms with E-state index in [0.29, 0.717) is 17.6 Å². The summed E-state index contributed by atoms with van der Waals surface area (Å²) in [6, 6.07) is 7.25. The maximum Gasteiger partial charge on any atom is 0.335 e. The number of rotatable bonds is 4. The Labute approximate surface area is 124 Å². The lowest BCUT2D eigenvalue weighted by Gasteiger charge is -2.38. The number of benzene rings is 1. The first kappa shape index (κ1) is 15.5. The van der Waals surface area contributed by atoms with Crippen molar-refractivity contribution in [1.29, 1.82) is 0 Å². The number of nitrogens with one attached hydrogen (secondary N) is 1. The topological polar surface area (TPSA) is 69.6 Å². The number of amides is 1. The van der Waals surface area contributed by atoms with Gasteiger partial charge in [0.15, 0.2) is 0 Å². The highest BCUT2D eigenvalue weighted by atomic mass is 16.4. The smallest absolute Gasteiger partial charge is 0.335 e. The highest BCUT2D eigenvalue weighted by molar-refractivity contribution is 5.91. The molecule has 1 fully saturated rings. The van der Waals surface area contributed by atoms with Crippen LogP contribution in [0, 0.1) is 0 Å². The Balaban J connectivity index is 2.03. The number of hydrogen-bond acceptors (Lipinski definition) is 3. The number of carbonyl (C=O) groups is 2. The van der Waals surface area contributed by atoms with Crippen LogP contribution in [0.15, 0.2) is 24.3 Å². The van der Waals surface area contributed by atoms with Crippen LogP contribution < -0.4 is 5.43 Å². The lowest BCUT2D eigenvalue weighted by Crippen LogP contribution is -2.54.